The Morgan fingerprint density at radius 3 is 3.06 bits per heavy atom. The zero-order valence-electron chi connectivity index (χ0n) is 9.70. The minimum Gasteiger partial charge on any atom is -0.494 e. The Labute approximate surface area is 96.5 Å². The van der Waals surface area contributed by atoms with Gasteiger partial charge in [-0.2, -0.15) is 0 Å². The maximum Gasteiger partial charge on any atom is 0.119 e. The monoisotopic (exact) mass is 218 g/mol. The van der Waals surface area contributed by atoms with Gasteiger partial charge in [-0.3, -0.25) is 4.99 Å². The van der Waals surface area contributed by atoms with E-state index < -0.39 is 0 Å². The number of nitrogens with one attached hydrogen (secondary N) is 1. The Morgan fingerprint density at radius 2 is 2.31 bits per heavy atom. The quantitative estimate of drug-likeness (QED) is 0.820. The molecule has 3 heteroatoms. The molecule has 0 saturated heterocycles. The lowest BCUT2D eigenvalue weighted by molar-refractivity contribution is 0.340. The van der Waals surface area contributed by atoms with Gasteiger partial charge in [-0.05, 0) is 31.0 Å². The molecule has 0 fully saturated rings. The molecule has 0 amide bonds. The lowest BCUT2D eigenvalue weighted by Gasteiger charge is -2.06. The Bertz CT molecular complexity index is 374. The fourth-order valence-electron chi connectivity index (χ4n) is 1.83. The third-order valence-electron chi connectivity index (χ3n) is 2.60. The smallest absolute Gasteiger partial charge is 0.119 e. The van der Waals surface area contributed by atoms with Crippen molar-refractivity contribution in [3.8, 4) is 5.75 Å². The summed E-state index contributed by atoms with van der Waals surface area (Å²) in [6.07, 6.45) is 2.02. The van der Waals surface area contributed by atoms with Crippen molar-refractivity contribution in [1.29, 1.82) is 0 Å². The maximum atomic E-state index is 5.47. The Morgan fingerprint density at radius 1 is 1.38 bits per heavy atom. The largest absolute Gasteiger partial charge is 0.494 e. The van der Waals surface area contributed by atoms with E-state index in [-0.39, 0.29) is 0 Å². The molecule has 1 aromatic carbocycles. The van der Waals surface area contributed by atoms with Crippen LogP contribution in [0.15, 0.2) is 29.3 Å². The number of nitrogens with zero attached hydrogens (tertiary/aromatic N) is 1. The first-order chi connectivity index (χ1) is 7.88. The van der Waals surface area contributed by atoms with E-state index in [2.05, 4.69) is 22.4 Å². The van der Waals surface area contributed by atoms with Crippen molar-refractivity contribution in [2.45, 2.75) is 19.8 Å². The fourth-order valence-corrected chi connectivity index (χ4v) is 1.83. The average Bonchev–Trinajstić information content (AvgIpc) is 2.80. The Balaban J connectivity index is 1.90. The molecule has 86 valence electrons. The Kier molecular flexibility index (Phi) is 3.81. The molecule has 0 radical (unpaired) electrons. The molecule has 0 spiro atoms. The molecule has 0 aromatic heterocycles. The van der Waals surface area contributed by atoms with Gasteiger partial charge < -0.3 is 10.1 Å². The lowest BCUT2D eigenvalue weighted by Crippen LogP contribution is -2.18. The second-order valence-electron chi connectivity index (χ2n) is 3.84. The minimum absolute atomic E-state index is 0.720. The van der Waals surface area contributed by atoms with E-state index in [1.165, 1.54) is 5.56 Å². The van der Waals surface area contributed by atoms with Crippen LogP contribution in [0, 0.1) is 0 Å². The van der Waals surface area contributed by atoms with Crippen LogP contribution in [0.4, 0.5) is 0 Å². The van der Waals surface area contributed by atoms with Crippen LogP contribution in [0.25, 0.3) is 0 Å². The van der Waals surface area contributed by atoms with E-state index in [4.69, 9.17) is 4.74 Å². The standard InChI is InChI=1S/C13H18N2O/c1-2-16-12-5-3-4-11(10-12)6-7-13-14-8-9-15-13/h3-5,10H,2,6-9H2,1H3,(H,14,15). The highest BCUT2D eigenvalue weighted by molar-refractivity contribution is 5.83. The second-order valence-corrected chi connectivity index (χ2v) is 3.84. The van der Waals surface area contributed by atoms with Crippen molar-refractivity contribution >= 4 is 5.84 Å². The van der Waals surface area contributed by atoms with Crippen molar-refractivity contribution in [3.63, 3.8) is 0 Å². The van der Waals surface area contributed by atoms with E-state index in [0.29, 0.717) is 0 Å². The van der Waals surface area contributed by atoms with Gasteiger partial charge in [0.25, 0.3) is 0 Å². The number of amidine groups is 1. The van der Waals surface area contributed by atoms with Gasteiger partial charge in [-0.1, -0.05) is 12.1 Å². The van der Waals surface area contributed by atoms with Crippen LogP contribution in [-0.4, -0.2) is 25.5 Å². The molecule has 1 aliphatic heterocycles. The first kappa shape index (κ1) is 11.0. The van der Waals surface area contributed by atoms with Crippen LogP contribution in [0.5, 0.6) is 5.75 Å². The number of hydrogen-bond acceptors (Lipinski definition) is 3. The number of benzene rings is 1. The van der Waals surface area contributed by atoms with Gasteiger partial charge in [-0.25, -0.2) is 0 Å². The summed E-state index contributed by atoms with van der Waals surface area (Å²) in [5, 5.41) is 3.29. The summed E-state index contributed by atoms with van der Waals surface area (Å²) in [5.41, 5.74) is 1.31. The number of rotatable bonds is 5. The van der Waals surface area contributed by atoms with Gasteiger partial charge in [0, 0.05) is 13.0 Å². The van der Waals surface area contributed by atoms with Crippen molar-refractivity contribution in [2.24, 2.45) is 4.99 Å². The molecule has 1 N–H and O–H groups in total. The van der Waals surface area contributed by atoms with Crippen molar-refractivity contribution in [1.82, 2.24) is 5.32 Å². The van der Waals surface area contributed by atoms with Crippen molar-refractivity contribution in [3.05, 3.63) is 29.8 Å². The molecule has 0 saturated carbocycles. The number of ether oxygens (including phenoxy) is 1. The first-order valence-electron chi connectivity index (χ1n) is 5.87. The van der Waals surface area contributed by atoms with Gasteiger partial charge in [0.2, 0.25) is 0 Å². The number of hydrogen-bond donors (Lipinski definition) is 1. The van der Waals surface area contributed by atoms with Gasteiger partial charge in [0.15, 0.2) is 0 Å². The predicted molar refractivity (Wildman–Crippen MR) is 66.2 cm³/mol. The van der Waals surface area contributed by atoms with Crippen LogP contribution >= 0.6 is 0 Å². The third-order valence-corrected chi connectivity index (χ3v) is 2.60. The van der Waals surface area contributed by atoms with Crippen LogP contribution < -0.4 is 10.1 Å². The summed E-state index contributed by atoms with van der Waals surface area (Å²) in [5.74, 6) is 2.10. The lowest BCUT2D eigenvalue weighted by atomic mass is 10.1. The molecular weight excluding hydrogens is 200 g/mol. The maximum absolute atomic E-state index is 5.47. The zero-order chi connectivity index (χ0) is 11.2. The molecule has 0 unspecified atom stereocenters. The van der Waals surface area contributed by atoms with E-state index >= 15 is 0 Å². The van der Waals surface area contributed by atoms with Crippen molar-refractivity contribution in [2.75, 3.05) is 19.7 Å². The SMILES string of the molecule is CCOc1cccc(CCC2=NCCN2)c1. The fraction of sp³-hybridized carbons (Fsp3) is 0.462. The molecule has 16 heavy (non-hydrogen) atoms. The highest BCUT2D eigenvalue weighted by Crippen LogP contribution is 2.14. The predicted octanol–water partition coefficient (Wildman–Crippen LogP) is 2.02. The third kappa shape index (κ3) is 2.99. The van der Waals surface area contributed by atoms with Gasteiger partial charge in [-0.15, -0.1) is 0 Å². The molecule has 2 rings (SSSR count). The molecule has 0 atom stereocenters. The second kappa shape index (κ2) is 5.54. The molecule has 3 nitrogen and oxygen atoms in total. The van der Waals surface area contributed by atoms with Gasteiger partial charge >= 0.3 is 0 Å². The molecule has 1 aromatic rings. The Hall–Kier alpha value is -1.51. The summed E-state index contributed by atoms with van der Waals surface area (Å²) < 4.78 is 5.47. The normalized spacial score (nSPS) is 14.4. The van der Waals surface area contributed by atoms with E-state index in [1.54, 1.807) is 0 Å². The molecule has 0 aliphatic carbocycles. The van der Waals surface area contributed by atoms with Crippen LogP contribution in [0.1, 0.15) is 18.9 Å². The van der Waals surface area contributed by atoms with E-state index in [1.807, 2.05) is 19.1 Å². The van der Waals surface area contributed by atoms with Gasteiger partial charge in [0.1, 0.15) is 5.75 Å². The average molecular weight is 218 g/mol. The number of aliphatic imine (C=N–C) groups is 1. The molecular formula is C13H18N2O. The summed E-state index contributed by atoms with van der Waals surface area (Å²) in [7, 11) is 0. The number of aryl methyl sites for hydroxylation is 1. The first-order valence-corrected chi connectivity index (χ1v) is 5.87. The van der Waals surface area contributed by atoms with E-state index in [0.717, 1.165) is 44.1 Å². The van der Waals surface area contributed by atoms with Gasteiger partial charge in [0.05, 0.1) is 19.0 Å². The summed E-state index contributed by atoms with van der Waals surface area (Å²) >= 11 is 0. The molecule has 1 heterocycles. The zero-order valence-corrected chi connectivity index (χ0v) is 9.70. The highest BCUT2D eigenvalue weighted by Gasteiger charge is 2.05. The summed E-state index contributed by atoms with van der Waals surface area (Å²) in [6, 6.07) is 8.29. The topological polar surface area (TPSA) is 33.6 Å². The van der Waals surface area contributed by atoms with Crippen molar-refractivity contribution < 1.29 is 4.74 Å². The molecule has 1 aliphatic rings. The molecule has 0 bridgehead atoms. The highest BCUT2D eigenvalue weighted by atomic mass is 16.5. The summed E-state index contributed by atoms with van der Waals surface area (Å²) in [4.78, 5) is 4.38. The van der Waals surface area contributed by atoms with Crippen LogP contribution in [0.3, 0.4) is 0 Å². The summed E-state index contributed by atoms with van der Waals surface area (Å²) in [6.45, 7) is 4.64. The van der Waals surface area contributed by atoms with Crippen LogP contribution in [0.2, 0.25) is 0 Å². The minimum atomic E-state index is 0.720. The van der Waals surface area contributed by atoms with E-state index in [9.17, 15) is 0 Å². The van der Waals surface area contributed by atoms with Crippen LogP contribution in [-0.2, 0) is 6.42 Å².